The molecule has 0 spiro atoms. The molecule has 3 atom stereocenters. The zero-order valence-corrected chi connectivity index (χ0v) is 21.4. The number of aromatic amines is 1. The van der Waals surface area contributed by atoms with Gasteiger partial charge in [-0.25, -0.2) is 0 Å². The van der Waals surface area contributed by atoms with Crippen molar-refractivity contribution in [2.24, 2.45) is 5.92 Å². The Balaban J connectivity index is 2.07. The normalized spacial score (nSPS) is 13.7. The Kier molecular flexibility index (Phi) is 11.1. The van der Waals surface area contributed by atoms with Gasteiger partial charge in [-0.2, -0.15) is 12.6 Å². The summed E-state index contributed by atoms with van der Waals surface area (Å²) in [7, 11) is 1.51. The van der Waals surface area contributed by atoms with E-state index in [-0.39, 0.29) is 24.7 Å². The summed E-state index contributed by atoms with van der Waals surface area (Å²) in [5, 5.41) is 17.2. The van der Waals surface area contributed by atoms with Crippen molar-refractivity contribution in [2.45, 2.75) is 69.7 Å². The molecule has 0 aliphatic carbocycles. The van der Waals surface area contributed by atoms with Crippen molar-refractivity contribution in [2.75, 3.05) is 7.05 Å². The Morgan fingerprint density at radius 3 is 2.34 bits per heavy atom. The molecular formula is C25H36N4O5S. The molecule has 9 nitrogen and oxygen atoms in total. The lowest BCUT2D eigenvalue weighted by molar-refractivity contribution is -0.137. The number of amides is 3. The van der Waals surface area contributed by atoms with Crippen LogP contribution < -0.4 is 16.0 Å². The molecule has 0 saturated carbocycles. The van der Waals surface area contributed by atoms with Gasteiger partial charge in [-0.3, -0.25) is 19.2 Å². The number of rotatable bonds is 14. The van der Waals surface area contributed by atoms with Gasteiger partial charge in [-0.1, -0.05) is 38.5 Å². The smallest absolute Gasteiger partial charge is 0.303 e. The molecule has 0 radical (unpaired) electrons. The van der Waals surface area contributed by atoms with Crippen LogP contribution in [0.25, 0.3) is 10.9 Å². The standard InChI is InChI=1S/C25H36N4O5S/c1-15(2)12-19(29-25(34)21(35)10-6-7-11-22(30)31)24(33)28-20(23(32)26-3)13-16-14-27-18-9-5-4-8-17(16)18/h4-5,8-9,14-15,19-21,27,35H,6-7,10-13H2,1-3H3,(H,26,32)(H,28,33)(H,29,34)(H,30,31)/t19?,20-,21?/m0/s1. The van der Waals surface area contributed by atoms with Crippen LogP contribution in [0.4, 0.5) is 0 Å². The van der Waals surface area contributed by atoms with Gasteiger partial charge in [0.15, 0.2) is 0 Å². The minimum absolute atomic E-state index is 0.0395. The number of benzene rings is 1. The molecule has 2 unspecified atom stereocenters. The summed E-state index contributed by atoms with van der Waals surface area (Å²) in [6.07, 6.45) is 3.95. The first-order valence-corrected chi connectivity index (χ1v) is 12.4. The van der Waals surface area contributed by atoms with E-state index in [4.69, 9.17) is 5.11 Å². The van der Waals surface area contributed by atoms with Crippen LogP contribution in [0.1, 0.15) is 51.5 Å². The van der Waals surface area contributed by atoms with E-state index in [9.17, 15) is 19.2 Å². The number of carboxylic acid groups (broad SMARTS) is 1. The molecule has 35 heavy (non-hydrogen) atoms. The Morgan fingerprint density at radius 1 is 1.00 bits per heavy atom. The predicted octanol–water partition coefficient (Wildman–Crippen LogP) is 2.42. The Morgan fingerprint density at radius 2 is 1.69 bits per heavy atom. The van der Waals surface area contributed by atoms with Crippen LogP contribution in [-0.4, -0.2) is 58.2 Å². The summed E-state index contributed by atoms with van der Waals surface area (Å²) in [5.41, 5.74) is 1.84. The SMILES string of the molecule is CNC(=O)[C@H](Cc1c[nH]c2ccccc12)NC(=O)C(CC(C)C)NC(=O)C(S)CCCCC(=O)O. The fourth-order valence-corrected chi connectivity index (χ4v) is 4.15. The van der Waals surface area contributed by atoms with Crippen molar-refractivity contribution in [3.63, 3.8) is 0 Å². The monoisotopic (exact) mass is 504 g/mol. The quantitative estimate of drug-likeness (QED) is 0.173. The van der Waals surface area contributed by atoms with Crippen LogP contribution in [0.5, 0.6) is 0 Å². The second kappa shape index (κ2) is 13.8. The van der Waals surface area contributed by atoms with Crippen LogP contribution in [-0.2, 0) is 25.6 Å². The van der Waals surface area contributed by atoms with Gasteiger partial charge < -0.3 is 26.0 Å². The first kappa shape index (κ1) is 28.2. The third-order valence-corrected chi connectivity index (χ3v) is 6.23. The van der Waals surface area contributed by atoms with Gasteiger partial charge in [0.1, 0.15) is 12.1 Å². The topological polar surface area (TPSA) is 140 Å². The average molecular weight is 505 g/mol. The van der Waals surface area contributed by atoms with Crippen LogP contribution in [0.3, 0.4) is 0 Å². The zero-order valence-electron chi connectivity index (χ0n) is 20.5. The number of hydrogen-bond donors (Lipinski definition) is 6. The lowest BCUT2D eigenvalue weighted by Crippen LogP contribution is -2.55. The molecule has 192 valence electrons. The van der Waals surface area contributed by atoms with Crippen molar-refractivity contribution in [1.29, 1.82) is 0 Å². The van der Waals surface area contributed by atoms with Gasteiger partial charge in [-0.05, 0) is 36.8 Å². The largest absolute Gasteiger partial charge is 0.481 e. The Bertz CT molecular complexity index is 1020. The van der Waals surface area contributed by atoms with E-state index in [1.165, 1.54) is 7.05 Å². The molecule has 2 aromatic rings. The van der Waals surface area contributed by atoms with Crippen molar-refractivity contribution >= 4 is 47.2 Å². The third kappa shape index (κ3) is 8.93. The molecule has 3 amide bonds. The number of thiol groups is 1. The van der Waals surface area contributed by atoms with Crippen LogP contribution in [0.15, 0.2) is 30.5 Å². The first-order valence-electron chi connectivity index (χ1n) is 11.9. The molecule has 0 aliphatic heterocycles. The van der Waals surface area contributed by atoms with Crippen molar-refractivity contribution in [3.8, 4) is 0 Å². The highest BCUT2D eigenvalue weighted by Gasteiger charge is 2.29. The fourth-order valence-electron chi connectivity index (χ4n) is 3.89. The number of hydrogen-bond acceptors (Lipinski definition) is 5. The molecule has 0 aliphatic rings. The second-order valence-corrected chi connectivity index (χ2v) is 9.71. The Labute approximate surface area is 211 Å². The van der Waals surface area contributed by atoms with Crippen LogP contribution >= 0.6 is 12.6 Å². The number of H-pyrrole nitrogens is 1. The van der Waals surface area contributed by atoms with Gasteiger partial charge in [0.2, 0.25) is 17.7 Å². The molecule has 1 heterocycles. The summed E-state index contributed by atoms with van der Waals surface area (Å²) in [4.78, 5) is 52.3. The van der Waals surface area contributed by atoms with E-state index in [0.717, 1.165) is 16.5 Å². The molecule has 0 fully saturated rings. The maximum absolute atomic E-state index is 13.2. The highest BCUT2D eigenvalue weighted by molar-refractivity contribution is 7.81. The number of aliphatic carboxylic acids is 1. The first-order chi connectivity index (χ1) is 16.6. The summed E-state index contributed by atoms with van der Waals surface area (Å²) < 4.78 is 0. The van der Waals surface area contributed by atoms with Gasteiger partial charge >= 0.3 is 5.97 Å². The van der Waals surface area contributed by atoms with Gasteiger partial charge in [0, 0.05) is 37.0 Å². The fraction of sp³-hybridized carbons (Fsp3) is 0.520. The molecular weight excluding hydrogens is 468 g/mol. The molecule has 0 bridgehead atoms. The number of carboxylic acids is 1. The van der Waals surface area contributed by atoms with E-state index in [0.29, 0.717) is 25.7 Å². The maximum atomic E-state index is 13.2. The highest BCUT2D eigenvalue weighted by atomic mass is 32.1. The van der Waals surface area contributed by atoms with E-state index < -0.39 is 35.1 Å². The Hall–Kier alpha value is -3.01. The minimum Gasteiger partial charge on any atom is -0.481 e. The summed E-state index contributed by atoms with van der Waals surface area (Å²) in [6, 6.07) is 6.08. The van der Waals surface area contributed by atoms with Crippen LogP contribution in [0.2, 0.25) is 0 Å². The number of carbonyl (C=O) groups is 4. The number of unbranched alkanes of at least 4 members (excludes halogenated alkanes) is 1. The number of aromatic nitrogens is 1. The molecule has 5 N–H and O–H groups in total. The van der Waals surface area contributed by atoms with E-state index in [1.54, 1.807) is 0 Å². The molecule has 1 aromatic heterocycles. The number of carbonyl (C=O) groups excluding carboxylic acids is 3. The van der Waals surface area contributed by atoms with Gasteiger partial charge in [0.05, 0.1) is 5.25 Å². The maximum Gasteiger partial charge on any atom is 0.303 e. The molecule has 1 aromatic carbocycles. The van der Waals surface area contributed by atoms with Crippen molar-refractivity contribution < 1.29 is 24.3 Å². The third-order valence-electron chi connectivity index (χ3n) is 5.74. The lowest BCUT2D eigenvalue weighted by Gasteiger charge is -2.25. The summed E-state index contributed by atoms with van der Waals surface area (Å²) in [6.45, 7) is 3.89. The highest BCUT2D eigenvalue weighted by Crippen LogP contribution is 2.19. The van der Waals surface area contributed by atoms with Gasteiger partial charge in [0.25, 0.3) is 0 Å². The number of fused-ring (bicyclic) bond motifs is 1. The van der Waals surface area contributed by atoms with Crippen LogP contribution in [0, 0.1) is 5.92 Å². The summed E-state index contributed by atoms with van der Waals surface area (Å²) in [5.74, 6) is -1.92. The molecule has 0 saturated heterocycles. The predicted molar refractivity (Wildman–Crippen MR) is 138 cm³/mol. The lowest BCUT2D eigenvalue weighted by atomic mass is 10.0. The number of nitrogens with one attached hydrogen (secondary N) is 4. The molecule has 2 rings (SSSR count). The van der Waals surface area contributed by atoms with Crippen molar-refractivity contribution in [1.82, 2.24) is 20.9 Å². The zero-order chi connectivity index (χ0) is 26.0. The summed E-state index contributed by atoms with van der Waals surface area (Å²) >= 11 is 4.34. The number of para-hydroxylation sites is 1. The molecule has 10 heteroatoms. The minimum atomic E-state index is -0.878. The van der Waals surface area contributed by atoms with E-state index in [2.05, 4.69) is 33.6 Å². The van der Waals surface area contributed by atoms with E-state index in [1.807, 2.05) is 44.3 Å². The second-order valence-electron chi connectivity index (χ2n) is 9.09. The average Bonchev–Trinajstić information content (AvgIpc) is 3.22. The number of likely N-dealkylation sites (N-methyl/N-ethyl adjacent to an activating group) is 1. The van der Waals surface area contributed by atoms with Crippen molar-refractivity contribution in [3.05, 3.63) is 36.0 Å². The van der Waals surface area contributed by atoms with E-state index >= 15 is 0 Å². The van der Waals surface area contributed by atoms with Gasteiger partial charge in [-0.15, -0.1) is 0 Å².